The first-order chi connectivity index (χ1) is 38.2. The lowest BCUT2D eigenvalue weighted by Crippen LogP contribution is -2.31. The Morgan fingerprint density at radius 3 is 0.897 bits per heavy atom. The molecule has 78 heavy (non-hydrogen) atoms. The van der Waals surface area contributed by atoms with Crippen LogP contribution in [0.4, 0.5) is 11.4 Å². The van der Waals surface area contributed by atoms with Crippen LogP contribution in [0, 0.1) is 11.8 Å². The van der Waals surface area contributed by atoms with Crippen molar-refractivity contribution in [1.29, 1.82) is 0 Å². The van der Waals surface area contributed by atoms with Gasteiger partial charge < -0.3 is 9.80 Å². The molecule has 2 amide bonds. The van der Waals surface area contributed by atoms with Crippen molar-refractivity contribution in [3.8, 4) is 0 Å². The van der Waals surface area contributed by atoms with Crippen molar-refractivity contribution < 1.29 is 9.59 Å². The number of rotatable bonds is 48. The second-order valence-corrected chi connectivity index (χ2v) is 29.0. The van der Waals surface area contributed by atoms with Gasteiger partial charge in [0.1, 0.15) is 0 Å². The molecule has 2 atom stereocenters. The van der Waals surface area contributed by atoms with Gasteiger partial charge >= 0.3 is 0 Å². The Bertz CT molecular complexity index is 2120. The molecule has 2 aliphatic rings. The summed E-state index contributed by atoms with van der Waals surface area (Å²) in [7, 11) is 0. The van der Waals surface area contributed by atoms with E-state index in [4.69, 9.17) is 0 Å². The van der Waals surface area contributed by atoms with E-state index in [0.717, 1.165) is 94.1 Å². The quantitative estimate of drug-likeness (QED) is 0.0529. The van der Waals surface area contributed by atoms with E-state index in [1.54, 1.807) is 22.7 Å². The van der Waals surface area contributed by atoms with Gasteiger partial charge in [0, 0.05) is 33.3 Å². The molecular weight excluding hydrogens is 1120 g/mol. The number of thiophene rings is 2. The van der Waals surface area contributed by atoms with Gasteiger partial charge in [-0.05, 0) is 105 Å². The number of hydrogen-bond acceptors (Lipinski definition) is 4. The fourth-order valence-electron chi connectivity index (χ4n) is 12.7. The highest BCUT2D eigenvalue weighted by Crippen LogP contribution is 2.41. The molecule has 2 aliphatic heterocycles. The van der Waals surface area contributed by atoms with E-state index < -0.39 is 0 Å². The first-order valence-electron chi connectivity index (χ1n) is 33.3. The molecule has 440 valence electrons. The molecule has 0 saturated heterocycles. The van der Waals surface area contributed by atoms with Crippen LogP contribution in [0.15, 0.2) is 31.8 Å². The number of carbonyl (C=O) groups is 2. The molecule has 0 radical (unpaired) electrons. The maximum Gasteiger partial charge on any atom is 0.260 e. The topological polar surface area (TPSA) is 40.6 Å². The van der Waals surface area contributed by atoms with E-state index in [1.165, 1.54) is 237 Å². The molecule has 3 aromatic rings. The lowest BCUT2D eigenvalue weighted by molar-refractivity contribution is -0.113. The summed E-state index contributed by atoms with van der Waals surface area (Å²) in [5.74, 6) is 1.57. The third-order valence-corrected chi connectivity index (χ3v) is 21.5. The molecule has 4 nitrogen and oxygen atoms in total. The molecule has 0 spiro atoms. The first kappa shape index (κ1) is 67.1. The number of anilines is 2. The number of nitrogens with zero attached hydrogens (tertiary/aromatic N) is 2. The first-order valence-corrected chi connectivity index (χ1v) is 36.6. The molecule has 1 aromatic carbocycles. The zero-order valence-corrected chi connectivity index (χ0v) is 55.7. The molecule has 4 heterocycles. The van der Waals surface area contributed by atoms with Gasteiger partial charge in [-0.3, -0.25) is 9.59 Å². The third-order valence-electron chi connectivity index (χ3n) is 17.5. The van der Waals surface area contributed by atoms with E-state index in [1.807, 2.05) is 0 Å². The summed E-state index contributed by atoms with van der Waals surface area (Å²) < 4.78 is 2.36. The molecule has 0 fully saturated rings. The second kappa shape index (κ2) is 39.7. The summed E-state index contributed by atoms with van der Waals surface area (Å²) >= 11 is 11.7. The lowest BCUT2D eigenvalue weighted by Gasteiger charge is -2.20. The predicted octanol–water partition coefficient (Wildman–Crippen LogP) is 22.5. The number of fused-ring (bicyclic) bond motifs is 2. The lowest BCUT2D eigenvalue weighted by atomic mass is 9.89. The monoisotopic (exact) mass is 1230 g/mol. The maximum absolute atomic E-state index is 15.2. The molecule has 0 saturated carbocycles. The summed E-state index contributed by atoms with van der Waals surface area (Å²) in [6.45, 7) is 15.1. The summed E-state index contributed by atoms with van der Waals surface area (Å²) in [6.07, 6.45) is 53.9. The Labute approximate surface area is 503 Å². The largest absolute Gasteiger partial charge is 0.308 e. The van der Waals surface area contributed by atoms with E-state index in [2.05, 4.69) is 107 Å². The van der Waals surface area contributed by atoms with Crippen molar-refractivity contribution in [2.75, 3.05) is 22.9 Å². The van der Waals surface area contributed by atoms with Crippen LogP contribution in [0.5, 0.6) is 0 Å². The summed E-state index contributed by atoms with van der Waals surface area (Å²) in [6, 6.07) is 9.31. The Morgan fingerprint density at radius 2 is 0.615 bits per heavy atom. The van der Waals surface area contributed by atoms with Crippen molar-refractivity contribution in [3.63, 3.8) is 0 Å². The van der Waals surface area contributed by atoms with Gasteiger partial charge in [-0.25, -0.2) is 0 Å². The number of amides is 2. The minimum atomic E-state index is 0.129. The highest BCUT2D eigenvalue weighted by Gasteiger charge is 2.37. The minimum Gasteiger partial charge on any atom is -0.308 e. The average molecular weight is 1240 g/mol. The minimum absolute atomic E-state index is 0.129. The van der Waals surface area contributed by atoms with Crippen LogP contribution < -0.4 is 20.2 Å². The Kier molecular flexibility index (Phi) is 34.1. The number of benzene rings is 1. The van der Waals surface area contributed by atoms with Crippen LogP contribution in [0.2, 0.25) is 0 Å². The molecule has 5 rings (SSSR count). The molecule has 2 unspecified atom stereocenters. The van der Waals surface area contributed by atoms with Crippen molar-refractivity contribution in [1.82, 2.24) is 0 Å². The molecule has 0 N–H and O–H groups in total. The predicted molar refractivity (Wildman–Crippen MR) is 353 cm³/mol. The zero-order chi connectivity index (χ0) is 55.7. The SMILES string of the molecule is CCCCCCCCCCC(CCCCCCCC)Cc1cc(C2=c3cc4c(cc3N(CCCCCC)C2=O)=C(c2cc(CC(CCCCCCCC)CCCCCCCCCC)c(Br)s2)C(=O)N4CCCCCC)sc1Br. The smallest absolute Gasteiger partial charge is 0.260 e. The second-order valence-electron chi connectivity index (χ2n) is 24.3. The van der Waals surface area contributed by atoms with Crippen LogP contribution >= 0.6 is 54.5 Å². The van der Waals surface area contributed by atoms with Crippen LogP contribution in [-0.4, -0.2) is 24.9 Å². The van der Waals surface area contributed by atoms with Gasteiger partial charge in [-0.15, -0.1) is 22.7 Å². The highest BCUT2D eigenvalue weighted by atomic mass is 79.9. The number of hydrogen-bond donors (Lipinski definition) is 0. The third kappa shape index (κ3) is 22.1. The normalized spacial score (nSPS) is 14.2. The van der Waals surface area contributed by atoms with Crippen molar-refractivity contribution in [2.24, 2.45) is 11.8 Å². The Balaban J connectivity index is 1.50. The molecule has 0 aliphatic carbocycles. The number of carbonyl (C=O) groups excluding carboxylic acids is 2. The summed E-state index contributed by atoms with van der Waals surface area (Å²) in [5, 5.41) is 2.02. The fraction of sp³-hybridized carbons (Fsp3) is 0.743. The summed E-state index contributed by atoms with van der Waals surface area (Å²) in [4.78, 5) is 36.8. The Morgan fingerprint density at radius 1 is 0.359 bits per heavy atom. The molecular formula is C70H112Br2N2O2S2. The summed E-state index contributed by atoms with van der Waals surface area (Å²) in [5.41, 5.74) is 6.37. The van der Waals surface area contributed by atoms with E-state index in [9.17, 15) is 0 Å². The van der Waals surface area contributed by atoms with Crippen LogP contribution in [0.25, 0.3) is 11.1 Å². The van der Waals surface area contributed by atoms with Crippen molar-refractivity contribution in [2.45, 2.75) is 311 Å². The molecule has 0 bridgehead atoms. The van der Waals surface area contributed by atoms with Crippen LogP contribution in [0.1, 0.15) is 319 Å². The van der Waals surface area contributed by atoms with Gasteiger partial charge in [-0.1, -0.05) is 286 Å². The molecule has 2 aromatic heterocycles. The van der Waals surface area contributed by atoms with Gasteiger partial charge in [0.15, 0.2) is 0 Å². The number of unbranched alkanes of at least 4 members (excludes halogenated alkanes) is 30. The molecule has 8 heteroatoms. The number of halogens is 2. The van der Waals surface area contributed by atoms with Gasteiger partial charge in [0.25, 0.3) is 11.8 Å². The van der Waals surface area contributed by atoms with E-state index in [-0.39, 0.29) is 11.8 Å². The van der Waals surface area contributed by atoms with Gasteiger partial charge in [0.2, 0.25) is 0 Å². The standard InChI is InChI=1S/C70H112Br2N2O2S2/c1-7-13-19-25-29-31-35-39-45-55(43-37-33-27-21-15-9-3)49-57-51-63(77-67(57)71)65-59-53-62-60(54-61(59)73(69(65)75)47-41-23-17-11-5)66(70(76)74(62)48-42-24-18-12-6)64-52-58(68(72)78-64)50-56(44-38-34-28-22-16-10-4)46-40-36-32-30-26-20-14-8-2/h51-56H,7-50H2,1-6H3. The fourth-order valence-corrected chi connectivity index (χ4v) is 16.2. The van der Waals surface area contributed by atoms with E-state index in [0.29, 0.717) is 24.9 Å². The Hall–Kier alpha value is -1.74. The highest BCUT2D eigenvalue weighted by molar-refractivity contribution is 9.11. The maximum atomic E-state index is 15.2. The van der Waals surface area contributed by atoms with Crippen molar-refractivity contribution in [3.05, 3.63) is 63.2 Å². The van der Waals surface area contributed by atoms with Gasteiger partial charge in [0.05, 0.1) is 30.1 Å². The van der Waals surface area contributed by atoms with E-state index >= 15 is 9.59 Å². The average Bonchev–Trinajstić information content (AvgIpc) is 4.27. The van der Waals surface area contributed by atoms with Crippen LogP contribution in [-0.2, 0) is 22.4 Å². The van der Waals surface area contributed by atoms with Crippen LogP contribution in [0.3, 0.4) is 0 Å². The zero-order valence-electron chi connectivity index (χ0n) is 50.9. The van der Waals surface area contributed by atoms with Gasteiger partial charge in [-0.2, -0.15) is 0 Å². The van der Waals surface area contributed by atoms with Crippen molar-refractivity contribution >= 4 is 88.9 Å².